The fraction of sp³-hybridized carbons (Fsp3) is 0.682. The maximum Gasteiger partial charge on any atom is 0.316 e. The third-order valence-corrected chi connectivity index (χ3v) is 7.53. The second-order valence-corrected chi connectivity index (χ2v) is 8.94. The van der Waals surface area contributed by atoms with Crippen LogP contribution in [0, 0.1) is 17.3 Å². The standard InChI is InChI=1S/C18H24O2.C4H7BrO2/c1-18-9-8-14-13-5-3-12(19)10-11(13)2-4-15(14)16(18)6-7-17(18)20;1-2-7-4(6)3-5/h3,5,10,14-17,19-20H,2,4,6-9H2,1H3;2-3H2,1H3/t14-,15-,16+,17+,18+;/m1./s1. The molecule has 0 amide bonds. The summed E-state index contributed by atoms with van der Waals surface area (Å²) in [6, 6.07) is 5.96. The molecule has 4 rings (SSSR count). The van der Waals surface area contributed by atoms with Crippen LogP contribution >= 0.6 is 15.9 Å². The van der Waals surface area contributed by atoms with Crippen molar-refractivity contribution in [1.29, 1.82) is 0 Å². The van der Waals surface area contributed by atoms with Crippen molar-refractivity contribution in [1.82, 2.24) is 0 Å². The van der Waals surface area contributed by atoms with E-state index in [4.69, 9.17) is 0 Å². The third-order valence-electron chi connectivity index (χ3n) is 7.07. The number of aromatic hydroxyl groups is 1. The Labute approximate surface area is 170 Å². The predicted octanol–water partition coefficient (Wildman–Crippen LogP) is 4.55. The number of phenolic OH excluding ortho intramolecular Hbond substituents is 1. The Morgan fingerprint density at radius 3 is 2.74 bits per heavy atom. The molecule has 0 bridgehead atoms. The molecule has 2 N–H and O–H groups in total. The summed E-state index contributed by atoms with van der Waals surface area (Å²) >= 11 is 2.94. The Morgan fingerprint density at radius 2 is 2.07 bits per heavy atom. The molecular weight excluding hydrogens is 408 g/mol. The Kier molecular flexibility index (Phi) is 6.52. The maximum atomic E-state index is 10.4. The normalized spacial score (nSPS) is 33.8. The van der Waals surface area contributed by atoms with E-state index in [9.17, 15) is 15.0 Å². The number of phenols is 1. The van der Waals surface area contributed by atoms with Gasteiger partial charge in [0.2, 0.25) is 0 Å². The van der Waals surface area contributed by atoms with Crippen molar-refractivity contribution in [3.05, 3.63) is 29.3 Å². The highest BCUT2D eigenvalue weighted by Gasteiger charge is 2.54. The second kappa shape index (κ2) is 8.52. The van der Waals surface area contributed by atoms with Crippen LogP contribution in [0.1, 0.15) is 63.0 Å². The van der Waals surface area contributed by atoms with E-state index in [0.717, 1.165) is 25.2 Å². The SMILES string of the molecule is CCOC(=O)CBr.C[C@]12CC[C@@H]3c4ccc(O)cc4CC[C@H]3[C@@H]1CC[C@@H]2O. The lowest BCUT2D eigenvalue weighted by Gasteiger charge is -2.50. The molecule has 0 heterocycles. The van der Waals surface area contributed by atoms with Gasteiger partial charge in [-0.3, -0.25) is 4.79 Å². The number of hydrogen-bond donors (Lipinski definition) is 2. The first-order valence-electron chi connectivity index (χ1n) is 10.1. The minimum absolute atomic E-state index is 0.0883. The molecule has 2 fully saturated rings. The van der Waals surface area contributed by atoms with Crippen LogP contribution in [0.4, 0.5) is 0 Å². The number of benzene rings is 1. The molecule has 27 heavy (non-hydrogen) atoms. The molecular formula is C22H31BrO4. The first-order chi connectivity index (χ1) is 12.9. The van der Waals surface area contributed by atoms with Crippen molar-refractivity contribution >= 4 is 21.9 Å². The highest BCUT2D eigenvalue weighted by molar-refractivity contribution is 9.09. The lowest BCUT2D eigenvalue weighted by Crippen LogP contribution is -2.43. The molecule has 1 aromatic rings. The van der Waals surface area contributed by atoms with E-state index in [1.807, 2.05) is 12.1 Å². The van der Waals surface area contributed by atoms with Crippen LogP contribution in [0.2, 0.25) is 0 Å². The van der Waals surface area contributed by atoms with E-state index in [1.54, 1.807) is 6.92 Å². The van der Waals surface area contributed by atoms with Crippen LogP contribution in [0.25, 0.3) is 0 Å². The van der Waals surface area contributed by atoms with E-state index in [0.29, 0.717) is 29.5 Å². The monoisotopic (exact) mass is 438 g/mol. The average molecular weight is 439 g/mol. The molecule has 150 valence electrons. The summed E-state index contributed by atoms with van der Waals surface area (Å²) in [6.07, 6.45) is 6.78. The molecule has 3 aliphatic carbocycles. The number of hydrogen-bond acceptors (Lipinski definition) is 4. The van der Waals surface area contributed by atoms with Gasteiger partial charge in [0.1, 0.15) is 11.1 Å². The Bertz CT molecular complexity index is 676. The predicted molar refractivity (Wildman–Crippen MR) is 109 cm³/mol. The summed E-state index contributed by atoms with van der Waals surface area (Å²) < 4.78 is 4.51. The average Bonchev–Trinajstić information content (AvgIpc) is 2.97. The summed E-state index contributed by atoms with van der Waals surface area (Å²) in [5, 5.41) is 20.3. The summed E-state index contributed by atoms with van der Waals surface area (Å²) in [6.45, 7) is 4.56. The minimum Gasteiger partial charge on any atom is -0.508 e. The van der Waals surface area contributed by atoms with E-state index >= 15 is 0 Å². The van der Waals surface area contributed by atoms with Gasteiger partial charge in [-0.15, -0.1) is 0 Å². The zero-order valence-electron chi connectivity index (χ0n) is 16.3. The molecule has 5 atom stereocenters. The number of aliphatic hydroxyl groups excluding tert-OH is 1. The Hall–Kier alpha value is -1.07. The van der Waals surface area contributed by atoms with E-state index in [2.05, 4.69) is 33.7 Å². The second-order valence-electron chi connectivity index (χ2n) is 8.37. The highest BCUT2D eigenvalue weighted by Crippen LogP contribution is 2.60. The molecule has 3 aliphatic rings. The van der Waals surface area contributed by atoms with Crippen LogP contribution in [-0.2, 0) is 16.0 Å². The van der Waals surface area contributed by atoms with Crippen molar-refractivity contribution in [2.75, 3.05) is 11.9 Å². The van der Waals surface area contributed by atoms with Gasteiger partial charge in [0.25, 0.3) is 0 Å². The van der Waals surface area contributed by atoms with E-state index < -0.39 is 0 Å². The van der Waals surface area contributed by atoms with Crippen LogP contribution in [-0.4, -0.2) is 34.2 Å². The van der Waals surface area contributed by atoms with Gasteiger partial charge in [-0.1, -0.05) is 28.9 Å². The maximum absolute atomic E-state index is 10.4. The number of alkyl halides is 1. The number of aliphatic hydroxyl groups is 1. The van der Waals surface area contributed by atoms with Gasteiger partial charge in [0.05, 0.1) is 12.7 Å². The largest absolute Gasteiger partial charge is 0.508 e. The molecule has 0 aromatic heterocycles. The topological polar surface area (TPSA) is 66.8 Å². The van der Waals surface area contributed by atoms with Crippen LogP contribution in [0.15, 0.2) is 18.2 Å². The number of carbonyl (C=O) groups is 1. The summed E-state index contributed by atoms with van der Waals surface area (Å²) in [5.74, 6) is 2.28. The molecule has 0 spiro atoms. The smallest absolute Gasteiger partial charge is 0.316 e. The van der Waals surface area contributed by atoms with Crippen LogP contribution in [0.5, 0.6) is 5.75 Å². The van der Waals surface area contributed by atoms with Gasteiger partial charge in [-0.25, -0.2) is 0 Å². The van der Waals surface area contributed by atoms with Gasteiger partial charge in [-0.05, 0) is 91.9 Å². The number of fused-ring (bicyclic) bond motifs is 5. The van der Waals surface area contributed by atoms with Gasteiger partial charge in [-0.2, -0.15) is 0 Å². The fourth-order valence-electron chi connectivity index (χ4n) is 5.74. The lowest BCUT2D eigenvalue weighted by molar-refractivity contribution is -0.139. The molecule has 4 nitrogen and oxygen atoms in total. The zero-order chi connectivity index (χ0) is 19.6. The summed E-state index contributed by atoms with van der Waals surface area (Å²) in [5.41, 5.74) is 2.99. The van der Waals surface area contributed by atoms with Gasteiger partial charge >= 0.3 is 5.97 Å². The first kappa shape index (κ1) is 20.7. The van der Waals surface area contributed by atoms with Gasteiger partial charge in [0, 0.05) is 0 Å². The van der Waals surface area contributed by atoms with Crippen molar-refractivity contribution in [3.63, 3.8) is 0 Å². The van der Waals surface area contributed by atoms with E-state index in [-0.39, 0.29) is 17.5 Å². The molecule has 1 aromatic carbocycles. The molecule has 0 radical (unpaired) electrons. The quantitative estimate of drug-likeness (QED) is 0.524. The number of esters is 1. The first-order valence-corrected chi connectivity index (χ1v) is 11.2. The molecule has 5 heteroatoms. The van der Waals surface area contributed by atoms with Crippen molar-refractivity contribution in [2.45, 2.75) is 64.4 Å². The highest BCUT2D eigenvalue weighted by atomic mass is 79.9. The van der Waals surface area contributed by atoms with Crippen LogP contribution in [0.3, 0.4) is 0 Å². The minimum atomic E-state index is -0.206. The molecule has 0 unspecified atom stereocenters. The van der Waals surface area contributed by atoms with Crippen molar-refractivity contribution in [2.24, 2.45) is 17.3 Å². The Morgan fingerprint density at radius 1 is 1.30 bits per heavy atom. The van der Waals surface area contributed by atoms with Gasteiger partial charge in [0.15, 0.2) is 0 Å². The van der Waals surface area contributed by atoms with Crippen molar-refractivity contribution < 1.29 is 19.7 Å². The molecule has 0 aliphatic heterocycles. The van der Waals surface area contributed by atoms with E-state index in [1.165, 1.54) is 30.4 Å². The van der Waals surface area contributed by atoms with Crippen LogP contribution < -0.4 is 0 Å². The number of carbonyl (C=O) groups excluding carboxylic acids is 1. The number of halogens is 1. The number of rotatable bonds is 2. The third kappa shape index (κ3) is 4.04. The molecule has 2 saturated carbocycles. The number of ether oxygens (including phenoxy) is 1. The Balaban J connectivity index is 0.000000260. The lowest BCUT2D eigenvalue weighted by atomic mass is 9.55. The number of aryl methyl sites for hydroxylation is 1. The fourth-order valence-corrected chi connectivity index (χ4v) is 5.90. The van der Waals surface area contributed by atoms with Crippen molar-refractivity contribution in [3.8, 4) is 5.75 Å². The summed E-state index contributed by atoms with van der Waals surface area (Å²) in [4.78, 5) is 10.1. The van der Waals surface area contributed by atoms with Gasteiger partial charge < -0.3 is 14.9 Å². The summed E-state index contributed by atoms with van der Waals surface area (Å²) in [7, 11) is 0. The molecule has 0 saturated heterocycles. The zero-order valence-corrected chi connectivity index (χ0v) is 17.9.